The number of rotatable bonds is 3. The second-order valence-electron chi connectivity index (χ2n) is 4.55. The summed E-state index contributed by atoms with van der Waals surface area (Å²) in [6.07, 6.45) is 2.55. The fourth-order valence-electron chi connectivity index (χ4n) is 2.23. The van der Waals surface area contributed by atoms with E-state index in [1.54, 1.807) is 12.1 Å². The lowest BCUT2D eigenvalue weighted by Gasteiger charge is -2.27. The van der Waals surface area contributed by atoms with Crippen LogP contribution < -0.4 is 5.73 Å². The Labute approximate surface area is 106 Å². The summed E-state index contributed by atoms with van der Waals surface area (Å²) in [4.78, 5) is 0. The van der Waals surface area contributed by atoms with E-state index in [9.17, 15) is 4.39 Å². The molecule has 1 fully saturated rings. The molecule has 1 aliphatic rings. The van der Waals surface area contributed by atoms with Crippen LogP contribution in [0.15, 0.2) is 18.2 Å². The van der Waals surface area contributed by atoms with Gasteiger partial charge in [-0.3, -0.25) is 0 Å². The van der Waals surface area contributed by atoms with Crippen LogP contribution in [-0.2, 0) is 11.2 Å². The average molecular weight is 258 g/mol. The maximum Gasteiger partial charge on any atom is 0.127 e. The van der Waals surface area contributed by atoms with Crippen molar-refractivity contribution in [3.8, 4) is 0 Å². The molecule has 4 heteroatoms. The van der Waals surface area contributed by atoms with E-state index in [0.29, 0.717) is 29.5 Å². The van der Waals surface area contributed by atoms with Gasteiger partial charge in [-0.05, 0) is 37.3 Å². The first-order valence-electron chi connectivity index (χ1n) is 5.94. The van der Waals surface area contributed by atoms with E-state index in [1.807, 2.05) is 0 Å². The summed E-state index contributed by atoms with van der Waals surface area (Å²) in [6, 6.07) is 4.64. The normalized spacial score (nSPS) is 22.4. The van der Waals surface area contributed by atoms with Gasteiger partial charge in [-0.25, -0.2) is 4.39 Å². The molecule has 17 heavy (non-hydrogen) atoms. The maximum atomic E-state index is 13.6. The van der Waals surface area contributed by atoms with E-state index in [-0.39, 0.29) is 11.9 Å². The lowest BCUT2D eigenvalue weighted by Crippen LogP contribution is -2.37. The van der Waals surface area contributed by atoms with E-state index in [2.05, 4.69) is 0 Å². The Morgan fingerprint density at radius 3 is 3.00 bits per heavy atom. The molecule has 94 valence electrons. The molecule has 1 aliphatic heterocycles. The van der Waals surface area contributed by atoms with Gasteiger partial charge in [0.1, 0.15) is 5.82 Å². The largest absolute Gasteiger partial charge is 0.381 e. The van der Waals surface area contributed by atoms with Crippen molar-refractivity contribution in [2.75, 3.05) is 13.2 Å². The van der Waals surface area contributed by atoms with Gasteiger partial charge in [-0.2, -0.15) is 0 Å². The van der Waals surface area contributed by atoms with E-state index in [0.717, 1.165) is 19.4 Å². The molecular weight excluding hydrogens is 241 g/mol. The van der Waals surface area contributed by atoms with Crippen molar-refractivity contribution in [1.82, 2.24) is 0 Å². The van der Waals surface area contributed by atoms with Crippen LogP contribution in [0.2, 0.25) is 5.02 Å². The monoisotopic (exact) mass is 257 g/mol. The molecule has 0 bridgehead atoms. The minimum atomic E-state index is -0.273. The van der Waals surface area contributed by atoms with Crippen LogP contribution in [0.25, 0.3) is 0 Å². The SMILES string of the molecule is NC(Cc1c(F)cccc1Cl)C1CCCOC1. The third-order valence-electron chi connectivity index (χ3n) is 3.30. The highest BCUT2D eigenvalue weighted by Gasteiger charge is 2.23. The molecule has 2 nitrogen and oxygen atoms in total. The zero-order valence-corrected chi connectivity index (χ0v) is 10.4. The van der Waals surface area contributed by atoms with E-state index >= 15 is 0 Å². The van der Waals surface area contributed by atoms with Crippen molar-refractivity contribution in [2.24, 2.45) is 11.7 Å². The van der Waals surface area contributed by atoms with Gasteiger partial charge in [-0.15, -0.1) is 0 Å². The molecule has 0 saturated carbocycles. The van der Waals surface area contributed by atoms with Crippen LogP contribution in [0, 0.1) is 11.7 Å². The Bertz CT molecular complexity index is 359. The summed E-state index contributed by atoms with van der Waals surface area (Å²) in [6.45, 7) is 1.48. The zero-order valence-electron chi connectivity index (χ0n) is 9.66. The summed E-state index contributed by atoms with van der Waals surface area (Å²) in [5.74, 6) is 0.0316. The third kappa shape index (κ3) is 3.18. The minimum Gasteiger partial charge on any atom is -0.381 e. The first-order valence-corrected chi connectivity index (χ1v) is 6.32. The molecule has 0 aromatic heterocycles. The minimum absolute atomic E-state index is 0.0929. The lowest BCUT2D eigenvalue weighted by molar-refractivity contribution is 0.0449. The Morgan fingerprint density at radius 2 is 2.35 bits per heavy atom. The molecule has 1 aromatic carbocycles. The predicted molar refractivity (Wildman–Crippen MR) is 66.6 cm³/mol. The highest BCUT2D eigenvalue weighted by atomic mass is 35.5. The van der Waals surface area contributed by atoms with Gasteiger partial charge in [0.25, 0.3) is 0 Å². The molecule has 0 spiro atoms. The Hall–Kier alpha value is -0.640. The second kappa shape index (κ2) is 5.80. The van der Waals surface area contributed by atoms with Crippen LogP contribution in [-0.4, -0.2) is 19.3 Å². The smallest absolute Gasteiger partial charge is 0.127 e. The van der Waals surface area contributed by atoms with Crippen molar-refractivity contribution >= 4 is 11.6 Å². The number of hydrogen-bond acceptors (Lipinski definition) is 2. The van der Waals surface area contributed by atoms with Crippen molar-refractivity contribution in [2.45, 2.75) is 25.3 Å². The zero-order chi connectivity index (χ0) is 12.3. The fraction of sp³-hybridized carbons (Fsp3) is 0.538. The van der Waals surface area contributed by atoms with Gasteiger partial charge >= 0.3 is 0 Å². The molecule has 1 saturated heterocycles. The van der Waals surface area contributed by atoms with Gasteiger partial charge in [0.05, 0.1) is 6.61 Å². The number of hydrogen-bond donors (Lipinski definition) is 1. The van der Waals surface area contributed by atoms with Gasteiger partial charge in [0, 0.05) is 23.2 Å². The van der Waals surface area contributed by atoms with E-state index in [4.69, 9.17) is 22.1 Å². The van der Waals surface area contributed by atoms with Crippen molar-refractivity contribution in [1.29, 1.82) is 0 Å². The van der Waals surface area contributed by atoms with Crippen molar-refractivity contribution in [3.63, 3.8) is 0 Å². The first kappa shape index (κ1) is 12.8. The van der Waals surface area contributed by atoms with Crippen molar-refractivity contribution in [3.05, 3.63) is 34.6 Å². The Kier molecular flexibility index (Phi) is 4.37. The number of nitrogens with two attached hydrogens (primary N) is 1. The molecule has 2 atom stereocenters. The van der Waals surface area contributed by atoms with Crippen LogP contribution in [0.1, 0.15) is 18.4 Å². The summed E-state index contributed by atoms with van der Waals surface area (Å²) in [5.41, 5.74) is 6.63. The second-order valence-corrected chi connectivity index (χ2v) is 4.95. The summed E-state index contributed by atoms with van der Waals surface area (Å²) >= 11 is 5.99. The molecule has 2 rings (SSSR count). The quantitative estimate of drug-likeness (QED) is 0.904. The average Bonchev–Trinajstić information content (AvgIpc) is 2.35. The molecule has 0 radical (unpaired) electrons. The van der Waals surface area contributed by atoms with Gasteiger partial charge in [-0.1, -0.05) is 17.7 Å². The third-order valence-corrected chi connectivity index (χ3v) is 3.66. The molecule has 0 amide bonds. The molecule has 2 N–H and O–H groups in total. The Balaban J connectivity index is 2.04. The highest BCUT2D eigenvalue weighted by Crippen LogP contribution is 2.24. The van der Waals surface area contributed by atoms with E-state index < -0.39 is 0 Å². The summed E-state index contributed by atoms with van der Waals surface area (Å²) in [5, 5.41) is 0.456. The number of benzene rings is 1. The number of halogens is 2. The topological polar surface area (TPSA) is 35.2 Å². The first-order chi connectivity index (χ1) is 8.18. The molecular formula is C13H17ClFNO. The molecule has 2 unspecified atom stereocenters. The molecule has 0 aliphatic carbocycles. The Morgan fingerprint density at radius 1 is 1.53 bits per heavy atom. The lowest BCUT2D eigenvalue weighted by atomic mass is 9.90. The molecule has 1 aromatic rings. The van der Waals surface area contributed by atoms with E-state index in [1.165, 1.54) is 6.07 Å². The number of ether oxygens (including phenoxy) is 1. The van der Waals surface area contributed by atoms with Gasteiger partial charge < -0.3 is 10.5 Å². The van der Waals surface area contributed by atoms with Gasteiger partial charge in [0.2, 0.25) is 0 Å². The molecule has 1 heterocycles. The summed E-state index contributed by atoms with van der Waals surface area (Å²) < 4.78 is 19.0. The van der Waals surface area contributed by atoms with Crippen LogP contribution in [0.3, 0.4) is 0 Å². The highest BCUT2D eigenvalue weighted by molar-refractivity contribution is 6.31. The van der Waals surface area contributed by atoms with Gasteiger partial charge in [0.15, 0.2) is 0 Å². The standard InChI is InChI=1S/C13H17ClFNO/c14-11-4-1-5-12(15)10(11)7-13(16)9-3-2-6-17-8-9/h1,4-5,9,13H,2-3,6-8,16H2. The summed E-state index contributed by atoms with van der Waals surface area (Å²) in [7, 11) is 0. The maximum absolute atomic E-state index is 13.6. The van der Waals surface area contributed by atoms with Crippen LogP contribution >= 0.6 is 11.6 Å². The van der Waals surface area contributed by atoms with Crippen molar-refractivity contribution < 1.29 is 9.13 Å². The predicted octanol–water partition coefficient (Wildman–Crippen LogP) is 2.78. The fourth-order valence-corrected chi connectivity index (χ4v) is 2.47. The van der Waals surface area contributed by atoms with Crippen LogP contribution in [0.4, 0.5) is 4.39 Å². The van der Waals surface area contributed by atoms with Crippen LogP contribution in [0.5, 0.6) is 0 Å².